The van der Waals surface area contributed by atoms with Crippen molar-refractivity contribution in [3.8, 4) is 0 Å². The number of nitrogens with two attached hydrogens (primary N) is 1. The molecule has 1 amide bonds. The Bertz CT molecular complexity index is 704. The lowest BCUT2D eigenvalue weighted by molar-refractivity contribution is 0.100. The van der Waals surface area contributed by atoms with Crippen molar-refractivity contribution in [1.29, 1.82) is 0 Å². The predicted molar refractivity (Wildman–Crippen MR) is 91.8 cm³/mol. The molecule has 24 heavy (non-hydrogen) atoms. The van der Waals surface area contributed by atoms with Crippen LogP contribution in [-0.4, -0.2) is 40.2 Å². The van der Waals surface area contributed by atoms with Crippen LogP contribution in [0, 0.1) is 0 Å². The Hall–Kier alpha value is -2.67. The lowest BCUT2D eigenvalue weighted by Crippen LogP contribution is -2.32. The van der Waals surface area contributed by atoms with Crippen LogP contribution in [0.3, 0.4) is 0 Å². The van der Waals surface area contributed by atoms with Gasteiger partial charge >= 0.3 is 0 Å². The molecule has 0 spiro atoms. The fourth-order valence-electron chi connectivity index (χ4n) is 2.91. The average molecular weight is 327 g/mol. The van der Waals surface area contributed by atoms with Gasteiger partial charge in [0.15, 0.2) is 0 Å². The average Bonchev–Trinajstić information content (AvgIpc) is 3.09. The number of anilines is 2. The third-order valence-corrected chi connectivity index (χ3v) is 4.25. The van der Waals surface area contributed by atoms with Crippen LogP contribution in [0.1, 0.15) is 28.8 Å². The summed E-state index contributed by atoms with van der Waals surface area (Å²) in [5.74, 6) is 1.12. The summed E-state index contributed by atoms with van der Waals surface area (Å²) >= 11 is 0. The molecule has 0 unspecified atom stereocenters. The molecule has 7 heteroatoms. The molecule has 1 saturated heterocycles. The highest BCUT2D eigenvalue weighted by Gasteiger charge is 2.25. The normalized spacial score (nSPS) is 17.0. The number of nitrogens with zero attached hydrogens (tertiary/aromatic N) is 3. The molecule has 0 radical (unpaired) electrons. The van der Waals surface area contributed by atoms with Gasteiger partial charge in [-0.15, -0.1) is 0 Å². The lowest BCUT2D eigenvalue weighted by atomic mass is 10.1. The number of hydrogen-bond donors (Lipinski definition) is 3. The highest BCUT2D eigenvalue weighted by Crippen LogP contribution is 2.24. The van der Waals surface area contributed by atoms with Crippen LogP contribution in [0.2, 0.25) is 0 Å². The van der Waals surface area contributed by atoms with E-state index in [9.17, 15) is 9.90 Å². The van der Waals surface area contributed by atoms with Gasteiger partial charge < -0.3 is 21.1 Å². The maximum atomic E-state index is 11.1. The van der Waals surface area contributed by atoms with Gasteiger partial charge in [-0.25, -0.2) is 9.97 Å². The Morgan fingerprint density at radius 1 is 1.33 bits per heavy atom. The van der Waals surface area contributed by atoms with Crippen molar-refractivity contribution in [3.63, 3.8) is 0 Å². The zero-order valence-electron chi connectivity index (χ0n) is 13.4. The van der Waals surface area contributed by atoms with Gasteiger partial charge in [-0.05, 0) is 30.5 Å². The first-order chi connectivity index (χ1) is 11.7. The molecule has 126 valence electrons. The van der Waals surface area contributed by atoms with Gasteiger partial charge in [0.2, 0.25) is 5.91 Å². The van der Waals surface area contributed by atoms with Gasteiger partial charge in [-0.1, -0.05) is 12.1 Å². The van der Waals surface area contributed by atoms with Crippen molar-refractivity contribution in [2.75, 3.05) is 23.4 Å². The number of hydrogen-bond acceptors (Lipinski definition) is 6. The fourth-order valence-corrected chi connectivity index (χ4v) is 2.91. The summed E-state index contributed by atoms with van der Waals surface area (Å²) in [4.78, 5) is 21.7. The molecule has 3 rings (SSSR count). The van der Waals surface area contributed by atoms with Crippen molar-refractivity contribution in [2.24, 2.45) is 5.73 Å². The molecule has 0 bridgehead atoms. The SMILES string of the molecule is NC(=O)c1ccc(CNc2cc(N3CCC[C@H]3CO)ncn2)cc1. The van der Waals surface area contributed by atoms with Crippen molar-refractivity contribution >= 4 is 17.5 Å². The van der Waals surface area contributed by atoms with Crippen LogP contribution < -0.4 is 16.0 Å². The molecular weight excluding hydrogens is 306 g/mol. The minimum Gasteiger partial charge on any atom is -0.394 e. The molecule has 7 nitrogen and oxygen atoms in total. The maximum absolute atomic E-state index is 11.1. The number of rotatable bonds is 6. The summed E-state index contributed by atoms with van der Waals surface area (Å²) in [6.45, 7) is 1.62. The summed E-state index contributed by atoms with van der Waals surface area (Å²) in [6.07, 6.45) is 3.57. The molecule has 4 N–H and O–H groups in total. The third kappa shape index (κ3) is 3.62. The largest absolute Gasteiger partial charge is 0.394 e. The van der Waals surface area contributed by atoms with E-state index < -0.39 is 5.91 Å². The number of benzene rings is 1. The zero-order chi connectivity index (χ0) is 16.9. The third-order valence-electron chi connectivity index (χ3n) is 4.25. The Kier molecular flexibility index (Phi) is 4.90. The molecule has 1 atom stereocenters. The number of carbonyl (C=O) groups excluding carboxylic acids is 1. The first-order valence-corrected chi connectivity index (χ1v) is 7.99. The molecule has 1 aliphatic rings. The van der Waals surface area contributed by atoms with Crippen LogP contribution in [0.4, 0.5) is 11.6 Å². The minimum absolute atomic E-state index is 0.133. The summed E-state index contributed by atoms with van der Waals surface area (Å²) in [5, 5.41) is 12.7. The maximum Gasteiger partial charge on any atom is 0.248 e. The molecule has 1 aromatic heterocycles. The van der Waals surface area contributed by atoms with E-state index in [-0.39, 0.29) is 12.6 Å². The highest BCUT2D eigenvalue weighted by molar-refractivity contribution is 5.92. The van der Waals surface area contributed by atoms with Gasteiger partial charge in [0.05, 0.1) is 12.6 Å². The minimum atomic E-state index is -0.431. The van der Waals surface area contributed by atoms with E-state index in [0.29, 0.717) is 12.1 Å². The van der Waals surface area contributed by atoms with E-state index in [1.165, 1.54) is 6.33 Å². The van der Waals surface area contributed by atoms with E-state index in [0.717, 1.165) is 36.6 Å². The predicted octanol–water partition coefficient (Wildman–Crippen LogP) is 1.15. The summed E-state index contributed by atoms with van der Waals surface area (Å²) in [5.41, 5.74) is 6.75. The monoisotopic (exact) mass is 327 g/mol. The number of carbonyl (C=O) groups is 1. The van der Waals surface area contributed by atoms with Crippen LogP contribution in [-0.2, 0) is 6.54 Å². The summed E-state index contributed by atoms with van der Waals surface area (Å²) in [6, 6.07) is 9.16. The van der Waals surface area contributed by atoms with Crippen LogP contribution in [0.25, 0.3) is 0 Å². The Morgan fingerprint density at radius 3 is 2.83 bits per heavy atom. The highest BCUT2D eigenvalue weighted by atomic mass is 16.3. The van der Waals surface area contributed by atoms with Gasteiger partial charge in [-0.3, -0.25) is 4.79 Å². The van der Waals surface area contributed by atoms with Gasteiger partial charge in [0.1, 0.15) is 18.0 Å². The second-order valence-electron chi connectivity index (χ2n) is 5.85. The standard InChI is InChI=1S/C17H21N5O2/c18-17(24)13-5-3-12(4-6-13)9-19-15-8-16(21-11-20-15)22-7-1-2-14(22)10-23/h3-6,8,11,14,23H,1-2,7,9-10H2,(H2,18,24)(H,19,20,21)/t14-/m0/s1. The second kappa shape index (κ2) is 7.27. The van der Waals surface area contributed by atoms with Gasteiger partial charge in [0, 0.05) is 24.7 Å². The number of aliphatic hydroxyl groups is 1. The molecule has 2 heterocycles. The fraction of sp³-hybridized carbons (Fsp3) is 0.353. The molecule has 1 aliphatic heterocycles. The van der Waals surface area contributed by atoms with Crippen LogP contribution in [0.5, 0.6) is 0 Å². The van der Waals surface area contributed by atoms with E-state index in [2.05, 4.69) is 20.2 Å². The Balaban J connectivity index is 1.65. The number of aromatic nitrogens is 2. The summed E-state index contributed by atoms with van der Waals surface area (Å²) < 4.78 is 0. The van der Waals surface area contributed by atoms with Crippen molar-refractivity contribution in [2.45, 2.75) is 25.4 Å². The van der Waals surface area contributed by atoms with Crippen molar-refractivity contribution in [3.05, 3.63) is 47.8 Å². The molecule has 1 fully saturated rings. The number of amides is 1. The van der Waals surface area contributed by atoms with Gasteiger partial charge in [-0.2, -0.15) is 0 Å². The first kappa shape index (κ1) is 16.2. The lowest BCUT2D eigenvalue weighted by Gasteiger charge is -2.24. The topological polar surface area (TPSA) is 104 Å². The van der Waals surface area contributed by atoms with E-state index >= 15 is 0 Å². The summed E-state index contributed by atoms with van der Waals surface area (Å²) in [7, 11) is 0. The zero-order valence-corrected chi connectivity index (χ0v) is 13.4. The van der Waals surface area contributed by atoms with Gasteiger partial charge in [0.25, 0.3) is 0 Å². The first-order valence-electron chi connectivity index (χ1n) is 7.99. The second-order valence-corrected chi connectivity index (χ2v) is 5.85. The van der Waals surface area contributed by atoms with E-state index in [1.807, 2.05) is 18.2 Å². The number of aliphatic hydroxyl groups excluding tert-OH is 1. The van der Waals surface area contributed by atoms with E-state index in [4.69, 9.17) is 5.73 Å². The number of nitrogens with one attached hydrogen (secondary N) is 1. The number of primary amides is 1. The molecular formula is C17H21N5O2. The molecule has 0 saturated carbocycles. The Morgan fingerprint density at radius 2 is 2.12 bits per heavy atom. The Labute approximate surface area is 140 Å². The van der Waals surface area contributed by atoms with Crippen LogP contribution in [0.15, 0.2) is 36.7 Å². The molecule has 1 aromatic carbocycles. The molecule has 2 aromatic rings. The van der Waals surface area contributed by atoms with E-state index in [1.54, 1.807) is 12.1 Å². The van der Waals surface area contributed by atoms with Crippen molar-refractivity contribution in [1.82, 2.24) is 9.97 Å². The van der Waals surface area contributed by atoms with Crippen LogP contribution >= 0.6 is 0 Å². The smallest absolute Gasteiger partial charge is 0.248 e. The quantitative estimate of drug-likeness (QED) is 0.735. The molecule has 0 aliphatic carbocycles. The van der Waals surface area contributed by atoms with Crippen molar-refractivity contribution < 1.29 is 9.90 Å².